The topological polar surface area (TPSA) is 62.5 Å². The smallest absolute Gasteiger partial charge is 0.243 e. The van der Waals surface area contributed by atoms with Crippen LogP contribution in [0, 0.1) is 0 Å². The van der Waals surface area contributed by atoms with Gasteiger partial charge in [0, 0.05) is 39.9 Å². The van der Waals surface area contributed by atoms with Crippen LogP contribution in [0.2, 0.25) is 5.02 Å². The van der Waals surface area contributed by atoms with Gasteiger partial charge in [-0.3, -0.25) is 0 Å². The van der Waals surface area contributed by atoms with E-state index in [0.29, 0.717) is 5.02 Å². The van der Waals surface area contributed by atoms with E-state index in [2.05, 4.69) is 16.7 Å². The van der Waals surface area contributed by atoms with E-state index in [0.717, 1.165) is 27.4 Å². The molecule has 1 aromatic heterocycles. The molecule has 0 spiro atoms. The third kappa shape index (κ3) is 4.83. The summed E-state index contributed by atoms with van der Waals surface area (Å²) in [4.78, 5) is 0.193. The predicted octanol–water partition coefficient (Wildman–Crippen LogP) is 5.70. The van der Waals surface area contributed by atoms with Gasteiger partial charge in [0.1, 0.15) is 0 Å². The fourth-order valence-corrected chi connectivity index (χ4v) is 6.10. The Kier molecular flexibility index (Phi) is 6.62. The number of halogens is 1. The first-order chi connectivity index (χ1) is 16.9. The summed E-state index contributed by atoms with van der Waals surface area (Å²) in [6.07, 6.45) is -0.931. The number of hydrogen-bond acceptors (Lipinski definition) is 3. The van der Waals surface area contributed by atoms with Crippen molar-refractivity contribution >= 4 is 43.4 Å². The molecule has 5 nitrogen and oxygen atoms in total. The van der Waals surface area contributed by atoms with E-state index in [1.807, 2.05) is 36.4 Å². The molecule has 1 atom stereocenters. The van der Waals surface area contributed by atoms with Crippen molar-refractivity contribution in [3.63, 3.8) is 0 Å². The lowest BCUT2D eigenvalue weighted by atomic mass is 10.2. The zero-order valence-electron chi connectivity index (χ0n) is 19.0. The Morgan fingerprint density at radius 3 is 1.91 bits per heavy atom. The molecular weight excluding hydrogens is 480 g/mol. The van der Waals surface area contributed by atoms with Gasteiger partial charge in [-0.2, -0.15) is 4.31 Å². The van der Waals surface area contributed by atoms with Crippen molar-refractivity contribution in [2.45, 2.75) is 24.1 Å². The highest BCUT2D eigenvalue weighted by molar-refractivity contribution is 7.89. The number of nitrogens with zero attached hydrogens (tertiary/aromatic N) is 2. The van der Waals surface area contributed by atoms with Crippen molar-refractivity contribution < 1.29 is 13.5 Å². The van der Waals surface area contributed by atoms with Crippen LogP contribution in [0.4, 0.5) is 0 Å². The fraction of sp³-hybridized carbons (Fsp3) is 0.143. The second-order valence-electron chi connectivity index (χ2n) is 8.54. The molecule has 0 fully saturated rings. The van der Waals surface area contributed by atoms with Crippen molar-refractivity contribution in [1.82, 2.24) is 8.87 Å². The predicted molar refractivity (Wildman–Crippen MR) is 141 cm³/mol. The minimum Gasteiger partial charge on any atom is -0.390 e. The SMILES string of the molecule is O=S(=O)(c1ccccc1)N(Cc1ccc(Cl)cc1)CC(O)Cn1c2ccccc2c2ccccc21. The zero-order valence-corrected chi connectivity index (χ0v) is 20.5. The Morgan fingerprint density at radius 1 is 0.771 bits per heavy atom. The van der Waals surface area contributed by atoms with E-state index in [1.165, 1.54) is 4.31 Å². The number of sulfonamides is 1. The highest BCUT2D eigenvalue weighted by Gasteiger charge is 2.27. The molecule has 1 unspecified atom stereocenters. The van der Waals surface area contributed by atoms with Crippen molar-refractivity contribution in [2.24, 2.45) is 0 Å². The van der Waals surface area contributed by atoms with Gasteiger partial charge in [-0.1, -0.05) is 78.3 Å². The summed E-state index contributed by atoms with van der Waals surface area (Å²) >= 11 is 6.02. The summed E-state index contributed by atoms with van der Waals surface area (Å²) < 4.78 is 30.5. The molecule has 0 aliphatic carbocycles. The first-order valence-corrected chi connectivity index (χ1v) is 13.2. The average molecular weight is 505 g/mol. The van der Waals surface area contributed by atoms with Crippen LogP contribution in [0.5, 0.6) is 0 Å². The standard InChI is InChI=1S/C28H25ClN2O3S/c29-22-16-14-21(15-17-22)18-30(35(33,34)24-8-2-1-3-9-24)19-23(32)20-31-27-12-6-4-10-25(27)26-11-5-7-13-28(26)31/h1-17,23,32H,18-20H2. The number of aliphatic hydroxyl groups excluding tert-OH is 1. The van der Waals surface area contributed by atoms with Gasteiger partial charge in [0.05, 0.1) is 17.5 Å². The van der Waals surface area contributed by atoms with E-state index in [4.69, 9.17) is 11.6 Å². The molecule has 5 rings (SSSR count). The highest BCUT2D eigenvalue weighted by atomic mass is 35.5. The Balaban J connectivity index is 1.48. The number of fused-ring (bicyclic) bond motifs is 3. The van der Waals surface area contributed by atoms with Crippen LogP contribution >= 0.6 is 11.6 Å². The maximum atomic E-state index is 13.5. The number of hydrogen-bond donors (Lipinski definition) is 1. The maximum absolute atomic E-state index is 13.5. The van der Waals surface area contributed by atoms with Gasteiger partial charge < -0.3 is 9.67 Å². The Labute approximate surface area is 209 Å². The number of aliphatic hydroxyl groups is 1. The summed E-state index contributed by atoms with van der Waals surface area (Å²) in [5.41, 5.74) is 2.80. The lowest BCUT2D eigenvalue weighted by molar-refractivity contribution is 0.128. The minimum atomic E-state index is -3.84. The van der Waals surface area contributed by atoms with E-state index >= 15 is 0 Å². The van der Waals surface area contributed by atoms with Crippen molar-refractivity contribution in [2.75, 3.05) is 6.54 Å². The molecule has 1 N–H and O–H groups in total. The largest absolute Gasteiger partial charge is 0.390 e. The molecule has 7 heteroatoms. The summed E-state index contributed by atoms with van der Waals surface area (Å²) in [6, 6.07) is 31.5. The van der Waals surface area contributed by atoms with Crippen LogP contribution in [0.25, 0.3) is 21.8 Å². The lowest BCUT2D eigenvalue weighted by Gasteiger charge is -2.25. The molecule has 0 saturated carbocycles. The first-order valence-electron chi connectivity index (χ1n) is 11.4. The molecule has 0 bridgehead atoms. The van der Waals surface area contributed by atoms with E-state index in [1.54, 1.807) is 54.6 Å². The van der Waals surface area contributed by atoms with Gasteiger partial charge in [0.2, 0.25) is 10.0 Å². The number of aromatic nitrogens is 1. The van der Waals surface area contributed by atoms with Gasteiger partial charge in [0.15, 0.2) is 0 Å². The van der Waals surface area contributed by atoms with E-state index in [9.17, 15) is 13.5 Å². The Hall–Kier alpha value is -3.16. The molecule has 35 heavy (non-hydrogen) atoms. The summed E-state index contributed by atoms with van der Waals surface area (Å²) in [5.74, 6) is 0. The van der Waals surface area contributed by atoms with E-state index in [-0.39, 0.29) is 24.5 Å². The van der Waals surface area contributed by atoms with Gasteiger partial charge in [0.25, 0.3) is 0 Å². The fourth-order valence-electron chi connectivity index (χ4n) is 4.49. The molecule has 0 aliphatic heterocycles. The molecule has 5 aromatic rings. The summed E-state index contributed by atoms with van der Waals surface area (Å²) in [6.45, 7) is 0.328. The summed E-state index contributed by atoms with van der Waals surface area (Å²) in [7, 11) is -3.84. The third-order valence-electron chi connectivity index (χ3n) is 6.14. The molecule has 0 radical (unpaired) electrons. The third-order valence-corrected chi connectivity index (χ3v) is 8.22. The molecular formula is C28H25ClN2O3S. The van der Waals surface area contributed by atoms with Gasteiger partial charge in [-0.25, -0.2) is 8.42 Å². The normalized spacial score (nSPS) is 13.0. The highest BCUT2D eigenvalue weighted by Crippen LogP contribution is 2.29. The van der Waals surface area contributed by atoms with Gasteiger partial charge >= 0.3 is 0 Å². The van der Waals surface area contributed by atoms with Crippen molar-refractivity contribution in [1.29, 1.82) is 0 Å². The van der Waals surface area contributed by atoms with Crippen LogP contribution in [-0.4, -0.2) is 35.0 Å². The molecule has 4 aromatic carbocycles. The molecule has 0 saturated heterocycles. The average Bonchev–Trinajstić information content (AvgIpc) is 3.19. The quantitative estimate of drug-likeness (QED) is 0.295. The lowest BCUT2D eigenvalue weighted by Crippen LogP contribution is -2.38. The summed E-state index contributed by atoms with van der Waals surface area (Å²) in [5, 5.41) is 14.0. The number of rotatable bonds is 8. The molecule has 178 valence electrons. The van der Waals surface area contributed by atoms with Crippen LogP contribution in [0.3, 0.4) is 0 Å². The minimum absolute atomic E-state index is 0.0549. The Morgan fingerprint density at radius 2 is 1.31 bits per heavy atom. The van der Waals surface area contributed by atoms with Crippen LogP contribution in [-0.2, 0) is 23.1 Å². The molecule has 0 amide bonds. The van der Waals surface area contributed by atoms with Crippen molar-refractivity contribution in [3.05, 3.63) is 114 Å². The van der Waals surface area contributed by atoms with Crippen LogP contribution in [0.15, 0.2) is 108 Å². The van der Waals surface area contributed by atoms with Crippen LogP contribution in [0.1, 0.15) is 5.56 Å². The second-order valence-corrected chi connectivity index (χ2v) is 10.9. The van der Waals surface area contributed by atoms with E-state index < -0.39 is 16.1 Å². The monoisotopic (exact) mass is 504 g/mol. The van der Waals surface area contributed by atoms with Crippen LogP contribution < -0.4 is 0 Å². The van der Waals surface area contributed by atoms with Gasteiger partial charge in [-0.15, -0.1) is 0 Å². The number of benzene rings is 4. The molecule has 1 heterocycles. The first kappa shape index (κ1) is 23.6. The van der Waals surface area contributed by atoms with Crippen molar-refractivity contribution in [3.8, 4) is 0 Å². The molecule has 0 aliphatic rings. The van der Waals surface area contributed by atoms with Gasteiger partial charge in [-0.05, 0) is 42.0 Å². The maximum Gasteiger partial charge on any atom is 0.243 e. The Bertz CT molecular complexity index is 1510. The zero-order chi connectivity index (χ0) is 24.4. The number of para-hydroxylation sites is 2. The second kappa shape index (κ2) is 9.84.